The number of aliphatic hydroxyl groups is 1. The number of nitrogens with two attached hydrogens (primary N) is 1. The highest BCUT2D eigenvalue weighted by molar-refractivity contribution is 5.92. The zero-order valence-corrected chi connectivity index (χ0v) is 23.5. The molecule has 0 aromatic heterocycles. The number of rotatable bonds is 10. The Hall–Kier alpha value is -4.31. The van der Waals surface area contributed by atoms with Gasteiger partial charge in [0.2, 0.25) is 11.8 Å². The molecule has 0 spiro atoms. The molecule has 4 amide bonds. The van der Waals surface area contributed by atoms with Crippen molar-refractivity contribution < 1.29 is 28.3 Å². The minimum absolute atomic E-state index is 0.0833. The fourth-order valence-corrected chi connectivity index (χ4v) is 5.46. The Morgan fingerprint density at radius 3 is 2.12 bits per heavy atom. The van der Waals surface area contributed by atoms with E-state index in [4.69, 9.17) is 5.73 Å². The van der Waals surface area contributed by atoms with Crippen LogP contribution in [0, 0.1) is 17.6 Å². The standard InChI is InChI=1S/C32H36F2N4O4/c1-37(18-19-39)32(42)38(26-16-14-25(34)15-17-26)20-21-6-8-22(9-7-21)27-4-2-3-5-28(27)31(41)36-29(30(35)40)23-10-12-24(33)13-11-23/h6-17,27-29,39H,2-5,18-20H2,1H3,(H2,35,40)(H,36,41). The largest absolute Gasteiger partial charge is 0.395 e. The normalized spacial score (nSPS) is 17.2. The predicted octanol–water partition coefficient (Wildman–Crippen LogP) is 4.63. The Labute approximate surface area is 244 Å². The first-order valence-electron chi connectivity index (χ1n) is 14.0. The van der Waals surface area contributed by atoms with Crippen LogP contribution in [0.15, 0.2) is 72.8 Å². The fraction of sp³-hybridized carbons (Fsp3) is 0.344. The van der Waals surface area contributed by atoms with E-state index >= 15 is 0 Å². The number of benzene rings is 3. The van der Waals surface area contributed by atoms with Crippen LogP contribution < -0.4 is 16.0 Å². The summed E-state index contributed by atoms with van der Waals surface area (Å²) in [5.41, 5.74) is 8.31. The van der Waals surface area contributed by atoms with Crippen LogP contribution >= 0.6 is 0 Å². The molecule has 1 saturated carbocycles. The van der Waals surface area contributed by atoms with E-state index in [1.54, 1.807) is 7.05 Å². The Morgan fingerprint density at radius 1 is 0.929 bits per heavy atom. The molecule has 0 radical (unpaired) electrons. The van der Waals surface area contributed by atoms with Crippen molar-refractivity contribution in [2.24, 2.45) is 11.7 Å². The van der Waals surface area contributed by atoms with E-state index in [1.165, 1.54) is 58.3 Å². The quantitative estimate of drug-likeness (QED) is 0.325. The van der Waals surface area contributed by atoms with Gasteiger partial charge >= 0.3 is 6.03 Å². The summed E-state index contributed by atoms with van der Waals surface area (Å²) in [4.78, 5) is 41.7. The number of urea groups is 1. The van der Waals surface area contributed by atoms with Crippen molar-refractivity contribution in [2.75, 3.05) is 25.1 Å². The van der Waals surface area contributed by atoms with E-state index < -0.39 is 23.6 Å². The molecule has 1 aliphatic rings. The first-order valence-corrected chi connectivity index (χ1v) is 14.0. The van der Waals surface area contributed by atoms with Crippen molar-refractivity contribution in [3.05, 3.63) is 101 Å². The number of nitrogens with one attached hydrogen (secondary N) is 1. The number of anilines is 1. The summed E-state index contributed by atoms with van der Waals surface area (Å²) in [5.74, 6) is -2.33. The van der Waals surface area contributed by atoms with Gasteiger partial charge in [-0.05, 0) is 71.8 Å². The van der Waals surface area contributed by atoms with Crippen LogP contribution in [0.25, 0.3) is 0 Å². The number of nitrogens with zero attached hydrogens (tertiary/aromatic N) is 2. The number of hydrogen-bond acceptors (Lipinski definition) is 4. The van der Waals surface area contributed by atoms with Gasteiger partial charge in [0, 0.05) is 25.2 Å². The average Bonchev–Trinajstić information content (AvgIpc) is 2.99. The molecular formula is C32H36F2N4O4. The molecule has 42 heavy (non-hydrogen) atoms. The van der Waals surface area contributed by atoms with Crippen molar-refractivity contribution in [2.45, 2.75) is 44.2 Å². The van der Waals surface area contributed by atoms with Crippen LogP contribution in [0.5, 0.6) is 0 Å². The molecule has 0 heterocycles. The minimum atomic E-state index is -1.07. The monoisotopic (exact) mass is 578 g/mol. The molecule has 10 heteroatoms. The first-order chi connectivity index (χ1) is 20.2. The fourth-order valence-electron chi connectivity index (χ4n) is 5.46. The lowest BCUT2D eigenvalue weighted by atomic mass is 9.74. The van der Waals surface area contributed by atoms with Gasteiger partial charge < -0.3 is 21.1 Å². The van der Waals surface area contributed by atoms with Crippen LogP contribution in [0.4, 0.5) is 19.3 Å². The number of aliphatic hydroxyl groups excluding tert-OH is 1. The van der Waals surface area contributed by atoms with Crippen molar-refractivity contribution in [3.8, 4) is 0 Å². The molecule has 4 N–H and O–H groups in total. The molecular weight excluding hydrogens is 542 g/mol. The number of hydrogen-bond donors (Lipinski definition) is 3. The zero-order valence-electron chi connectivity index (χ0n) is 23.5. The van der Waals surface area contributed by atoms with Crippen LogP contribution in [-0.4, -0.2) is 48.1 Å². The number of amides is 4. The molecule has 1 aliphatic carbocycles. The van der Waals surface area contributed by atoms with Gasteiger partial charge in [-0.2, -0.15) is 0 Å². The van der Waals surface area contributed by atoms with Gasteiger partial charge in [0.25, 0.3) is 0 Å². The van der Waals surface area contributed by atoms with Gasteiger partial charge in [-0.1, -0.05) is 49.2 Å². The Morgan fingerprint density at radius 2 is 1.52 bits per heavy atom. The van der Waals surface area contributed by atoms with E-state index in [9.17, 15) is 28.3 Å². The summed E-state index contributed by atoms with van der Waals surface area (Å²) < 4.78 is 27.0. The van der Waals surface area contributed by atoms with Gasteiger partial charge in [-0.15, -0.1) is 0 Å². The Balaban J connectivity index is 1.51. The molecule has 0 saturated heterocycles. The predicted molar refractivity (Wildman–Crippen MR) is 155 cm³/mol. The summed E-state index contributed by atoms with van der Waals surface area (Å²) in [6.07, 6.45) is 3.27. The summed E-state index contributed by atoms with van der Waals surface area (Å²) in [6.45, 7) is 0.180. The van der Waals surface area contributed by atoms with Crippen LogP contribution in [-0.2, 0) is 16.1 Å². The topological polar surface area (TPSA) is 116 Å². The van der Waals surface area contributed by atoms with Gasteiger partial charge in [0.15, 0.2) is 0 Å². The lowest BCUT2D eigenvalue weighted by molar-refractivity contribution is -0.131. The smallest absolute Gasteiger partial charge is 0.324 e. The molecule has 222 valence electrons. The second-order valence-electron chi connectivity index (χ2n) is 10.6. The van der Waals surface area contributed by atoms with Crippen molar-refractivity contribution in [1.29, 1.82) is 0 Å². The number of carbonyl (C=O) groups is 3. The highest BCUT2D eigenvalue weighted by Crippen LogP contribution is 2.38. The highest BCUT2D eigenvalue weighted by atomic mass is 19.1. The maximum atomic E-state index is 13.6. The van der Waals surface area contributed by atoms with Crippen molar-refractivity contribution >= 4 is 23.5 Å². The maximum absolute atomic E-state index is 13.6. The van der Waals surface area contributed by atoms with Gasteiger partial charge in [-0.25, -0.2) is 13.6 Å². The molecule has 3 atom stereocenters. The molecule has 1 fully saturated rings. The van der Waals surface area contributed by atoms with E-state index in [1.807, 2.05) is 24.3 Å². The Kier molecular flexibility index (Phi) is 10.2. The SMILES string of the molecule is CN(CCO)C(=O)N(Cc1ccc(C2CCCCC2C(=O)NC(C(N)=O)c2ccc(F)cc2)cc1)c1ccc(F)cc1. The maximum Gasteiger partial charge on any atom is 0.324 e. The van der Waals surface area contributed by atoms with E-state index in [0.717, 1.165) is 30.4 Å². The van der Waals surface area contributed by atoms with Gasteiger partial charge in [-0.3, -0.25) is 14.5 Å². The summed E-state index contributed by atoms with van der Waals surface area (Å²) in [6, 6.07) is 17.2. The number of carbonyl (C=O) groups excluding carboxylic acids is 3. The molecule has 0 aliphatic heterocycles. The van der Waals surface area contributed by atoms with Crippen LogP contribution in [0.2, 0.25) is 0 Å². The van der Waals surface area contributed by atoms with Crippen LogP contribution in [0.1, 0.15) is 54.3 Å². The summed E-state index contributed by atoms with van der Waals surface area (Å²) in [5, 5.41) is 12.1. The molecule has 3 unspecified atom stereocenters. The lowest BCUT2D eigenvalue weighted by Gasteiger charge is -2.32. The van der Waals surface area contributed by atoms with Crippen LogP contribution in [0.3, 0.4) is 0 Å². The third-order valence-electron chi connectivity index (χ3n) is 7.76. The molecule has 8 nitrogen and oxygen atoms in total. The third kappa shape index (κ3) is 7.50. The van der Waals surface area contributed by atoms with Crippen molar-refractivity contribution in [3.63, 3.8) is 0 Å². The van der Waals surface area contributed by atoms with E-state index in [-0.39, 0.29) is 43.5 Å². The molecule has 3 aromatic carbocycles. The molecule has 3 aromatic rings. The number of halogens is 2. The number of primary amides is 1. The summed E-state index contributed by atoms with van der Waals surface area (Å²) in [7, 11) is 1.59. The second kappa shape index (κ2) is 14.0. The molecule has 4 rings (SSSR count). The lowest BCUT2D eigenvalue weighted by Crippen LogP contribution is -2.42. The first kappa shape index (κ1) is 30.6. The van der Waals surface area contributed by atoms with E-state index in [2.05, 4.69) is 5.32 Å². The second-order valence-corrected chi connectivity index (χ2v) is 10.6. The van der Waals surface area contributed by atoms with Gasteiger partial charge in [0.05, 0.1) is 13.2 Å². The minimum Gasteiger partial charge on any atom is -0.395 e. The Bertz CT molecular complexity index is 1370. The summed E-state index contributed by atoms with van der Waals surface area (Å²) >= 11 is 0. The zero-order chi connectivity index (χ0) is 30.2. The van der Waals surface area contributed by atoms with E-state index in [0.29, 0.717) is 17.7 Å². The number of likely N-dealkylation sites (N-methyl/N-ethyl adjacent to an activating group) is 1. The highest BCUT2D eigenvalue weighted by Gasteiger charge is 2.34. The third-order valence-corrected chi connectivity index (χ3v) is 7.76. The molecule has 0 bridgehead atoms. The van der Waals surface area contributed by atoms with Crippen molar-refractivity contribution in [1.82, 2.24) is 10.2 Å². The van der Waals surface area contributed by atoms with Gasteiger partial charge in [0.1, 0.15) is 17.7 Å². The average molecular weight is 579 g/mol.